The van der Waals surface area contributed by atoms with Crippen LogP contribution in [0.3, 0.4) is 0 Å². The molecule has 2 amide bonds. The number of fused-ring (bicyclic) bond motifs is 3. The summed E-state index contributed by atoms with van der Waals surface area (Å²) < 4.78 is 10.7. The van der Waals surface area contributed by atoms with Crippen molar-refractivity contribution >= 4 is 23.2 Å². The third-order valence-electron chi connectivity index (χ3n) is 6.11. The number of carbonyl (C=O) groups is 2. The molecule has 0 aromatic heterocycles. The molecule has 156 valence electrons. The van der Waals surface area contributed by atoms with Crippen LogP contribution in [0.1, 0.15) is 53.3 Å². The first-order chi connectivity index (χ1) is 14.7. The highest BCUT2D eigenvalue weighted by Gasteiger charge is 2.37. The monoisotopic (exact) mass is 407 g/mol. The Labute approximate surface area is 175 Å². The number of nitrogens with zero attached hydrogens (tertiary/aromatic N) is 2. The molecule has 1 N–H and O–H groups in total. The largest absolute Gasteiger partial charge is 0.454 e. The molecule has 3 aliphatic heterocycles. The van der Waals surface area contributed by atoms with Crippen LogP contribution in [0.25, 0.3) is 0 Å². The predicted molar refractivity (Wildman–Crippen MR) is 113 cm³/mol. The molecule has 7 heteroatoms. The molecule has 1 saturated heterocycles. The van der Waals surface area contributed by atoms with Crippen molar-refractivity contribution in [1.82, 2.24) is 4.90 Å². The van der Waals surface area contributed by atoms with Crippen LogP contribution in [0, 0.1) is 0 Å². The summed E-state index contributed by atoms with van der Waals surface area (Å²) in [6, 6.07) is 10.7. The predicted octanol–water partition coefficient (Wildman–Crippen LogP) is 3.85. The van der Waals surface area contributed by atoms with Gasteiger partial charge in [-0.15, -0.1) is 0 Å². The van der Waals surface area contributed by atoms with Crippen molar-refractivity contribution < 1.29 is 19.1 Å². The highest BCUT2D eigenvalue weighted by molar-refractivity contribution is 6.08. The topological polar surface area (TPSA) is 71.1 Å². The van der Waals surface area contributed by atoms with Crippen LogP contribution in [0.5, 0.6) is 11.5 Å². The average Bonchev–Trinajstić information content (AvgIpc) is 3.09. The summed E-state index contributed by atoms with van der Waals surface area (Å²) in [6.45, 7) is 3.87. The van der Waals surface area contributed by atoms with Gasteiger partial charge in [0.25, 0.3) is 11.8 Å². The summed E-state index contributed by atoms with van der Waals surface area (Å²) in [7, 11) is 0. The van der Waals surface area contributed by atoms with Crippen molar-refractivity contribution in [3.8, 4) is 11.5 Å². The minimum Gasteiger partial charge on any atom is -0.454 e. The van der Waals surface area contributed by atoms with E-state index in [0.29, 0.717) is 28.3 Å². The van der Waals surface area contributed by atoms with Gasteiger partial charge < -0.3 is 24.6 Å². The molecule has 1 atom stereocenters. The van der Waals surface area contributed by atoms with Gasteiger partial charge in [0.2, 0.25) is 6.79 Å². The molecule has 0 radical (unpaired) electrons. The first-order valence-corrected chi connectivity index (χ1v) is 10.6. The smallest absolute Gasteiger partial charge is 0.257 e. The number of nitrogens with one attached hydrogen (secondary N) is 1. The van der Waals surface area contributed by atoms with Crippen molar-refractivity contribution in [1.29, 1.82) is 0 Å². The van der Waals surface area contributed by atoms with E-state index in [2.05, 4.69) is 17.1 Å². The minimum atomic E-state index is -0.219. The molecule has 0 bridgehead atoms. The quantitative estimate of drug-likeness (QED) is 0.837. The maximum atomic E-state index is 13.1. The lowest BCUT2D eigenvalue weighted by Crippen LogP contribution is -2.55. The fourth-order valence-corrected chi connectivity index (χ4v) is 4.62. The Bertz CT molecular complexity index is 1010. The van der Waals surface area contributed by atoms with Crippen molar-refractivity contribution in [3.05, 3.63) is 47.5 Å². The molecule has 0 aliphatic carbocycles. The Balaban J connectivity index is 1.43. The van der Waals surface area contributed by atoms with Crippen LogP contribution in [0.2, 0.25) is 0 Å². The molecule has 3 aliphatic rings. The van der Waals surface area contributed by atoms with Crippen LogP contribution in [0.4, 0.5) is 11.4 Å². The maximum Gasteiger partial charge on any atom is 0.257 e. The number of benzene rings is 2. The summed E-state index contributed by atoms with van der Waals surface area (Å²) >= 11 is 0. The third kappa shape index (κ3) is 3.14. The first-order valence-electron chi connectivity index (χ1n) is 10.6. The first kappa shape index (κ1) is 18.8. The number of carbonyl (C=O) groups excluding carboxylic acids is 2. The number of amides is 2. The van der Waals surface area contributed by atoms with E-state index < -0.39 is 0 Å². The minimum absolute atomic E-state index is 0.0735. The van der Waals surface area contributed by atoms with E-state index in [4.69, 9.17) is 9.47 Å². The zero-order valence-electron chi connectivity index (χ0n) is 17.0. The zero-order valence-corrected chi connectivity index (χ0v) is 17.0. The fraction of sp³-hybridized carbons (Fsp3) is 0.391. The Kier molecular flexibility index (Phi) is 4.73. The van der Waals surface area contributed by atoms with Gasteiger partial charge in [0, 0.05) is 30.4 Å². The fourth-order valence-electron chi connectivity index (χ4n) is 4.62. The Morgan fingerprint density at radius 3 is 2.83 bits per heavy atom. The van der Waals surface area contributed by atoms with E-state index >= 15 is 0 Å². The highest BCUT2D eigenvalue weighted by atomic mass is 16.7. The van der Waals surface area contributed by atoms with E-state index in [1.807, 2.05) is 11.0 Å². The second kappa shape index (κ2) is 7.55. The lowest BCUT2D eigenvalue weighted by molar-refractivity contribution is 0.0656. The van der Waals surface area contributed by atoms with E-state index in [0.717, 1.165) is 44.5 Å². The molecular formula is C23H25N3O4. The Hall–Kier alpha value is -3.22. The molecule has 30 heavy (non-hydrogen) atoms. The normalized spacial score (nSPS) is 19.8. The summed E-state index contributed by atoms with van der Waals surface area (Å²) in [5, 5.41) is 2.92. The van der Waals surface area contributed by atoms with Crippen LogP contribution >= 0.6 is 0 Å². The van der Waals surface area contributed by atoms with E-state index in [1.165, 1.54) is 0 Å². The second-order valence-corrected chi connectivity index (χ2v) is 7.87. The third-order valence-corrected chi connectivity index (χ3v) is 6.11. The highest BCUT2D eigenvalue weighted by Crippen LogP contribution is 2.36. The molecular weight excluding hydrogens is 382 g/mol. The molecule has 3 heterocycles. The Morgan fingerprint density at radius 2 is 1.97 bits per heavy atom. The number of rotatable bonds is 3. The molecule has 0 spiro atoms. The number of ether oxygens (including phenoxy) is 2. The summed E-state index contributed by atoms with van der Waals surface area (Å²) in [5.74, 6) is 1.15. The van der Waals surface area contributed by atoms with Gasteiger partial charge in [-0.1, -0.05) is 6.42 Å². The van der Waals surface area contributed by atoms with Gasteiger partial charge in [0.15, 0.2) is 11.5 Å². The molecule has 0 saturated carbocycles. The molecule has 2 aromatic carbocycles. The average molecular weight is 407 g/mol. The van der Waals surface area contributed by atoms with Crippen molar-refractivity contribution in [2.45, 2.75) is 38.8 Å². The van der Waals surface area contributed by atoms with Gasteiger partial charge in [-0.25, -0.2) is 0 Å². The lowest BCUT2D eigenvalue weighted by Gasteiger charge is -2.44. The number of hydrogen-bond acceptors (Lipinski definition) is 5. The molecule has 7 nitrogen and oxygen atoms in total. The SMILES string of the molecule is CCN1c2cc(C(=O)Nc3ccc4c(c3)OCO4)ccc2C(=O)N2CCCCCC21. The summed E-state index contributed by atoms with van der Waals surface area (Å²) in [4.78, 5) is 30.3. The molecule has 5 rings (SSSR count). The van der Waals surface area contributed by atoms with E-state index in [1.54, 1.807) is 30.3 Å². The van der Waals surface area contributed by atoms with Gasteiger partial charge in [-0.2, -0.15) is 0 Å². The van der Waals surface area contributed by atoms with Crippen molar-refractivity contribution in [3.63, 3.8) is 0 Å². The number of hydrogen-bond donors (Lipinski definition) is 1. The molecule has 2 aromatic rings. The van der Waals surface area contributed by atoms with Crippen LogP contribution in [-0.4, -0.2) is 42.8 Å². The van der Waals surface area contributed by atoms with E-state index in [-0.39, 0.29) is 24.8 Å². The Morgan fingerprint density at radius 1 is 1.10 bits per heavy atom. The van der Waals surface area contributed by atoms with Gasteiger partial charge in [0.1, 0.15) is 6.17 Å². The van der Waals surface area contributed by atoms with Gasteiger partial charge in [-0.3, -0.25) is 9.59 Å². The second-order valence-electron chi connectivity index (χ2n) is 7.87. The summed E-state index contributed by atoms with van der Waals surface area (Å²) in [5.41, 5.74) is 2.69. The van der Waals surface area contributed by atoms with Crippen molar-refractivity contribution in [2.24, 2.45) is 0 Å². The van der Waals surface area contributed by atoms with Crippen LogP contribution < -0.4 is 19.7 Å². The maximum absolute atomic E-state index is 13.1. The van der Waals surface area contributed by atoms with Crippen LogP contribution in [0.15, 0.2) is 36.4 Å². The number of anilines is 2. The molecule has 1 unspecified atom stereocenters. The van der Waals surface area contributed by atoms with Crippen molar-refractivity contribution in [2.75, 3.05) is 30.1 Å². The lowest BCUT2D eigenvalue weighted by atomic mass is 10.0. The standard InChI is InChI=1S/C23H25N3O4/c1-2-25-18-12-15(22(27)24-16-8-10-19-20(13-16)30-14-29-19)7-9-17(18)23(28)26-11-5-3-4-6-21(25)26/h7-10,12-13,21H,2-6,11,14H2,1H3,(H,24,27). The van der Waals surface area contributed by atoms with E-state index in [9.17, 15) is 9.59 Å². The van der Waals surface area contributed by atoms with Gasteiger partial charge >= 0.3 is 0 Å². The van der Waals surface area contributed by atoms with Gasteiger partial charge in [-0.05, 0) is 56.5 Å². The molecule has 1 fully saturated rings. The summed E-state index contributed by atoms with van der Waals surface area (Å²) in [6.07, 6.45) is 4.35. The van der Waals surface area contributed by atoms with Crippen LogP contribution in [-0.2, 0) is 0 Å². The zero-order chi connectivity index (χ0) is 20.7. The van der Waals surface area contributed by atoms with Gasteiger partial charge in [0.05, 0.1) is 11.3 Å².